The van der Waals surface area contributed by atoms with Crippen LogP contribution in [0, 0.1) is 5.82 Å². The number of halogens is 2. The van der Waals surface area contributed by atoms with Gasteiger partial charge in [0.25, 0.3) is 0 Å². The Balaban J connectivity index is 1.33. The lowest BCUT2D eigenvalue weighted by atomic mass is 10.1. The first kappa shape index (κ1) is 20.0. The van der Waals surface area contributed by atoms with E-state index >= 15 is 0 Å². The molecule has 0 aliphatic carbocycles. The summed E-state index contributed by atoms with van der Waals surface area (Å²) < 4.78 is 19.6. The molecular formula is C22H20ClFN4O2. The van der Waals surface area contributed by atoms with Crippen molar-refractivity contribution in [1.29, 1.82) is 0 Å². The van der Waals surface area contributed by atoms with Gasteiger partial charge < -0.3 is 20.7 Å². The summed E-state index contributed by atoms with van der Waals surface area (Å²) in [5.41, 5.74) is 6.73. The quantitative estimate of drug-likeness (QED) is 0.599. The fraction of sp³-hybridized carbons (Fsp3) is 0.182. The summed E-state index contributed by atoms with van der Waals surface area (Å²) in [6.45, 7) is 1.73. The molecule has 0 unspecified atom stereocenters. The largest absolute Gasteiger partial charge is 0.484 e. The van der Waals surface area contributed by atoms with Gasteiger partial charge in [0.2, 0.25) is 5.91 Å². The summed E-state index contributed by atoms with van der Waals surface area (Å²) in [5, 5.41) is 3.59. The average molecular weight is 427 g/mol. The Labute approximate surface area is 178 Å². The molecule has 2 heterocycles. The van der Waals surface area contributed by atoms with Crippen LogP contribution in [0.4, 0.5) is 16.0 Å². The molecule has 0 atom stereocenters. The summed E-state index contributed by atoms with van der Waals surface area (Å²) in [6.07, 6.45) is -0.115. The molecule has 0 spiro atoms. The van der Waals surface area contributed by atoms with Crippen molar-refractivity contribution in [3.63, 3.8) is 0 Å². The minimum atomic E-state index is -0.467. The number of carbonyl (C=O) groups is 1. The Morgan fingerprint density at radius 3 is 2.77 bits per heavy atom. The van der Waals surface area contributed by atoms with Crippen molar-refractivity contribution in [2.75, 3.05) is 23.3 Å². The predicted octanol–water partition coefficient (Wildman–Crippen LogP) is 3.85. The van der Waals surface area contributed by atoms with Gasteiger partial charge in [0.05, 0.1) is 13.1 Å². The summed E-state index contributed by atoms with van der Waals surface area (Å²) in [5.74, 6) is 0.800. The second-order valence-corrected chi connectivity index (χ2v) is 7.46. The van der Waals surface area contributed by atoms with Crippen LogP contribution >= 0.6 is 11.6 Å². The monoisotopic (exact) mass is 426 g/mol. The van der Waals surface area contributed by atoms with Crippen LogP contribution in [-0.2, 0) is 6.54 Å². The maximum Gasteiger partial charge on any atom is 0.248 e. The van der Waals surface area contributed by atoms with Crippen LogP contribution in [0.25, 0.3) is 0 Å². The number of rotatable bonds is 7. The molecule has 0 saturated carbocycles. The van der Waals surface area contributed by atoms with E-state index in [1.54, 1.807) is 24.3 Å². The van der Waals surface area contributed by atoms with Gasteiger partial charge in [-0.25, -0.2) is 9.37 Å². The third kappa shape index (κ3) is 4.63. The highest BCUT2D eigenvalue weighted by Crippen LogP contribution is 2.27. The highest BCUT2D eigenvalue weighted by molar-refractivity contribution is 6.30. The number of carbonyl (C=O) groups excluding carboxylic acids is 1. The number of nitrogens with zero attached hydrogens (tertiary/aromatic N) is 2. The predicted molar refractivity (Wildman–Crippen MR) is 115 cm³/mol. The van der Waals surface area contributed by atoms with Crippen LogP contribution in [0.1, 0.15) is 15.9 Å². The fourth-order valence-electron chi connectivity index (χ4n) is 3.18. The van der Waals surface area contributed by atoms with Crippen molar-refractivity contribution in [3.05, 3.63) is 82.6 Å². The lowest BCUT2D eigenvalue weighted by Gasteiger charge is -2.39. The topological polar surface area (TPSA) is 80.5 Å². The summed E-state index contributed by atoms with van der Waals surface area (Å²) in [7, 11) is 0. The molecule has 8 heteroatoms. The van der Waals surface area contributed by atoms with E-state index in [0.717, 1.165) is 11.4 Å². The van der Waals surface area contributed by atoms with E-state index in [1.807, 2.05) is 24.3 Å². The Kier molecular flexibility index (Phi) is 5.72. The zero-order valence-electron chi connectivity index (χ0n) is 16.0. The molecular weight excluding hydrogens is 407 g/mol. The summed E-state index contributed by atoms with van der Waals surface area (Å²) in [4.78, 5) is 18.0. The molecule has 6 nitrogen and oxygen atoms in total. The molecule has 2 aromatic carbocycles. The maximum atomic E-state index is 13.9. The highest BCUT2D eigenvalue weighted by Gasteiger charge is 2.30. The zero-order valence-corrected chi connectivity index (χ0v) is 16.8. The van der Waals surface area contributed by atoms with Gasteiger partial charge in [0, 0.05) is 17.1 Å². The Morgan fingerprint density at radius 2 is 2.00 bits per heavy atom. The lowest BCUT2D eigenvalue weighted by molar-refractivity contribution is 0.1000. The van der Waals surface area contributed by atoms with Crippen molar-refractivity contribution < 1.29 is 13.9 Å². The van der Waals surface area contributed by atoms with Crippen LogP contribution in [-0.4, -0.2) is 30.1 Å². The van der Waals surface area contributed by atoms with Gasteiger partial charge in [-0.2, -0.15) is 0 Å². The third-order valence-electron chi connectivity index (χ3n) is 4.78. The molecule has 3 aromatic rings. The van der Waals surface area contributed by atoms with Crippen molar-refractivity contribution in [2.24, 2.45) is 5.73 Å². The fourth-order valence-corrected chi connectivity index (χ4v) is 3.33. The number of benzene rings is 2. The smallest absolute Gasteiger partial charge is 0.248 e. The minimum Gasteiger partial charge on any atom is -0.484 e. The molecule has 154 valence electrons. The number of amides is 1. The molecule has 1 amide bonds. The second kappa shape index (κ2) is 8.59. The Bertz CT molecular complexity index is 1070. The van der Waals surface area contributed by atoms with Crippen LogP contribution in [0.5, 0.6) is 5.75 Å². The van der Waals surface area contributed by atoms with Gasteiger partial charge >= 0.3 is 0 Å². The third-order valence-corrected chi connectivity index (χ3v) is 5.01. The van der Waals surface area contributed by atoms with E-state index in [0.29, 0.717) is 36.0 Å². The van der Waals surface area contributed by atoms with E-state index in [4.69, 9.17) is 22.1 Å². The van der Waals surface area contributed by atoms with E-state index in [2.05, 4.69) is 15.2 Å². The first-order chi connectivity index (χ1) is 14.5. The van der Waals surface area contributed by atoms with Crippen molar-refractivity contribution in [1.82, 2.24) is 4.98 Å². The lowest BCUT2D eigenvalue weighted by Crippen LogP contribution is -2.54. The second-order valence-electron chi connectivity index (χ2n) is 7.02. The van der Waals surface area contributed by atoms with Crippen molar-refractivity contribution in [3.8, 4) is 5.75 Å². The van der Waals surface area contributed by atoms with Crippen molar-refractivity contribution >= 4 is 29.1 Å². The summed E-state index contributed by atoms with van der Waals surface area (Å²) in [6, 6.07) is 17.2. The van der Waals surface area contributed by atoms with Crippen LogP contribution in [0.2, 0.25) is 5.02 Å². The number of hydrogen-bond donors (Lipinski definition) is 2. The van der Waals surface area contributed by atoms with E-state index < -0.39 is 11.7 Å². The minimum absolute atomic E-state index is 0.115. The molecule has 1 aliphatic heterocycles. The van der Waals surface area contributed by atoms with E-state index in [1.165, 1.54) is 12.1 Å². The number of pyridine rings is 1. The molecule has 4 rings (SSSR count). The standard InChI is InChI=1S/C22H20ClFN4O2/c23-16-7-8-19(18(24)10-16)30-17-12-28(13-17)21-6-2-5-20(27-21)26-11-14-3-1-4-15(9-14)22(25)29/h1-10,17H,11-13H2,(H2,25,29)(H,26,27). The van der Waals surface area contributed by atoms with Gasteiger partial charge in [-0.05, 0) is 48.0 Å². The highest BCUT2D eigenvalue weighted by atomic mass is 35.5. The maximum absolute atomic E-state index is 13.9. The van der Waals surface area contributed by atoms with E-state index in [-0.39, 0.29) is 11.9 Å². The number of anilines is 2. The van der Waals surface area contributed by atoms with Gasteiger partial charge in [0.15, 0.2) is 11.6 Å². The zero-order chi connectivity index (χ0) is 21.1. The molecule has 1 saturated heterocycles. The number of nitrogens with two attached hydrogens (primary N) is 1. The van der Waals surface area contributed by atoms with Gasteiger partial charge in [-0.1, -0.05) is 29.8 Å². The number of hydrogen-bond acceptors (Lipinski definition) is 5. The first-order valence-electron chi connectivity index (χ1n) is 9.44. The number of ether oxygens (including phenoxy) is 1. The Hall–Kier alpha value is -3.32. The molecule has 0 bridgehead atoms. The Morgan fingerprint density at radius 1 is 1.20 bits per heavy atom. The van der Waals surface area contributed by atoms with Crippen LogP contribution < -0.4 is 20.7 Å². The first-order valence-corrected chi connectivity index (χ1v) is 9.82. The van der Waals surface area contributed by atoms with Gasteiger partial charge in [-0.3, -0.25) is 4.79 Å². The normalized spacial score (nSPS) is 13.6. The van der Waals surface area contributed by atoms with Crippen LogP contribution in [0.15, 0.2) is 60.7 Å². The van der Waals surface area contributed by atoms with Crippen LogP contribution in [0.3, 0.4) is 0 Å². The molecule has 30 heavy (non-hydrogen) atoms. The SMILES string of the molecule is NC(=O)c1cccc(CNc2cccc(N3CC(Oc4ccc(Cl)cc4F)C3)n2)c1. The van der Waals surface area contributed by atoms with E-state index in [9.17, 15) is 9.18 Å². The molecule has 0 radical (unpaired) electrons. The van der Waals surface area contributed by atoms with Gasteiger partial charge in [-0.15, -0.1) is 0 Å². The van der Waals surface area contributed by atoms with Crippen molar-refractivity contribution in [2.45, 2.75) is 12.6 Å². The molecule has 1 fully saturated rings. The molecule has 1 aromatic heterocycles. The van der Waals surface area contributed by atoms with Gasteiger partial charge in [0.1, 0.15) is 17.7 Å². The molecule has 1 aliphatic rings. The number of primary amides is 1. The summed E-state index contributed by atoms with van der Waals surface area (Å²) >= 11 is 5.77. The number of nitrogens with one attached hydrogen (secondary N) is 1. The number of aromatic nitrogens is 1. The molecule has 3 N–H and O–H groups in total. The average Bonchev–Trinajstić information content (AvgIpc) is 2.70.